The van der Waals surface area contributed by atoms with E-state index in [9.17, 15) is 10.1 Å². The molecule has 100 valence electrons. The number of benzene rings is 2. The Balaban J connectivity index is 1.64. The van der Waals surface area contributed by atoms with Gasteiger partial charge in [0, 0.05) is 12.1 Å². The third-order valence-electron chi connectivity index (χ3n) is 3.24. The van der Waals surface area contributed by atoms with Crippen molar-refractivity contribution >= 4 is 11.8 Å². The summed E-state index contributed by atoms with van der Waals surface area (Å²) >= 11 is 0. The van der Waals surface area contributed by atoms with Crippen LogP contribution < -0.4 is 0 Å². The highest BCUT2D eigenvalue weighted by Crippen LogP contribution is 2.40. The van der Waals surface area contributed by atoms with Crippen LogP contribution in [-0.4, -0.2) is 11.0 Å². The number of nitrogens with zero attached hydrogens (tertiary/aromatic N) is 1. The number of rotatable bonds is 4. The lowest BCUT2D eigenvalue weighted by Gasteiger charge is -1.95. The highest BCUT2D eigenvalue weighted by Gasteiger charge is 2.37. The quantitative estimate of drug-likeness (QED) is 0.481. The zero-order chi connectivity index (χ0) is 13.9. The van der Waals surface area contributed by atoms with Crippen LogP contribution in [0.15, 0.2) is 60.7 Å². The van der Waals surface area contributed by atoms with Crippen molar-refractivity contribution in [3.05, 3.63) is 81.9 Å². The van der Waals surface area contributed by atoms with E-state index in [1.807, 2.05) is 42.5 Å². The van der Waals surface area contributed by atoms with Gasteiger partial charge in [0.15, 0.2) is 0 Å². The molecule has 0 aromatic heterocycles. The van der Waals surface area contributed by atoms with Crippen molar-refractivity contribution in [3.63, 3.8) is 0 Å². The van der Waals surface area contributed by atoms with Gasteiger partial charge in [0.2, 0.25) is 0 Å². The first-order chi connectivity index (χ1) is 9.74. The minimum Gasteiger partial charge on any atom is -0.360 e. The minimum absolute atomic E-state index is 0.00997. The van der Waals surface area contributed by atoms with Gasteiger partial charge in [-0.15, -0.1) is 0 Å². The van der Waals surface area contributed by atoms with Crippen LogP contribution in [0.4, 0.5) is 5.69 Å². The van der Waals surface area contributed by atoms with Gasteiger partial charge in [-0.1, -0.05) is 42.5 Å². The first-order valence-electron chi connectivity index (χ1n) is 6.37. The molecule has 0 radical (unpaired) electrons. The molecule has 2 atom stereocenters. The molecule has 1 aliphatic rings. The second kappa shape index (κ2) is 5.27. The number of hydrogen-bond donors (Lipinski definition) is 0. The lowest BCUT2D eigenvalue weighted by molar-refractivity contribution is -0.384. The Kier molecular flexibility index (Phi) is 3.31. The maximum absolute atomic E-state index is 10.6. The Hall–Kier alpha value is -2.46. The zero-order valence-corrected chi connectivity index (χ0v) is 10.7. The van der Waals surface area contributed by atoms with E-state index in [1.165, 1.54) is 12.1 Å². The lowest BCUT2D eigenvalue weighted by Crippen LogP contribution is -1.89. The topological polar surface area (TPSA) is 55.7 Å². The number of epoxide rings is 1. The molecule has 0 N–H and O–H groups in total. The summed E-state index contributed by atoms with van der Waals surface area (Å²) in [4.78, 5) is 10.2. The summed E-state index contributed by atoms with van der Waals surface area (Å²) in [5, 5.41) is 10.6. The van der Waals surface area contributed by atoms with Crippen LogP contribution in [0.1, 0.15) is 17.2 Å². The molecule has 0 aliphatic carbocycles. The number of hydrogen-bond acceptors (Lipinski definition) is 3. The van der Waals surface area contributed by atoms with Gasteiger partial charge in [-0.05, 0) is 23.3 Å². The molecule has 2 aromatic rings. The van der Waals surface area contributed by atoms with Crippen molar-refractivity contribution in [2.24, 2.45) is 0 Å². The fourth-order valence-electron chi connectivity index (χ4n) is 2.09. The molecule has 0 bridgehead atoms. The van der Waals surface area contributed by atoms with E-state index in [1.54, 1.807) is 12.1 Å². The molecule has 1 fully saturated rings. The number of nitro groups is 1. The standard InChI is InChI=1S/C16H13NO3/c18-17(19)14-9-7-13(8-10-14)16-15(20-16)11-6-12-4-2-1-3-5-12/h1-11,15-16H/b11-6+/t15-,16-/m0/s1. The van der Waals surface area contributed by atoms with Gasteiger partial charge in [0.1, 0.15) is 12.2 Å². The normalized spacial score (nSPS) is 21.0. The van der Waals surface area contributed by atoms with E-state index in [0.717, 1.165) is 11.1 Å². The lowest BCUT2D eigenvalue weighted by atomic mass is 10.1. The van der Waals surface area contributed by atoms with Crippen molar-refractivity contribution in [2.45, 2.75) is 12.2 Å². The maximum atomic E-state index is 10.6. The van der Waals surface area contributed by atoms with Gasteiger partial charge in [0.25, 0.3) is 5.69 Å². The second-order valence-electron chi connectivity index (χ2n) is 4.64. The van der Waals surface area contributed by atoms with Crippen LogP contribution in [-0.2, 0) is 4.74 Å². The smallest absolute Gasteiger partial charge is 0.269 e. The molecule has 4 heteroatoms. The summed E-state index contributed by atoms with van der Waals surface area (Å²) in [6, 6.07) is 16.5. The van der Waals surface area contributed by atoms with Crippen LogP contribution in [0, 0.1) is 10.1 Å². The van der Waals surface area contributed by atoms with Crippen LogP contribution in [0.2, 0.25) is 0 Å². The molecule has 3 rings (SSSR count). The van der Waals surface area contributed by atoms with Crippen LogP contribution in [0.25, 0.3) is 6.08 Å². The van der Waals surface area contributed by atoms with Crippen LogP contribution in [0.5, 0.6) is 0 Å². The van der Waals surface area contributed by atoms with Gasteiger partial charge >= 0.3 is 0 Å². The molecule has 0 saturated carbocycles. The summed E-state index contributed by atoms with van der Waals surface area (Å²) in [7, 11) is 0. The third-order valence-corrected chi connectivity index (χ3v) is 3.24. The molecule has 4 nitrogen and oxygen atoms in total. The highest BCUT2D eigenvalue weighted by atomic mass is 16.6. The molecule has 1 saturated heterocycles. The molecule has 1 aliphatic heterocycles. The van der Waals surface area contributed by atoms with Crippen LogP contribution >= 0.6 is 0 Å². The largest absolute Gasteiger partial charge is 0.360 e. The van der Waals surface area contributed by atoms with Crippen molar-refractivity contribution in [1.82, 2.24) is 0 Å². The summed E-state index contributed by atoms with van der Waals surface area (Å²) in [5.41, 5.74) is 2.20. The number of nitro benzene ring substituents is 1. The van der Waals surface area contributed by atoms with Gasteiger partial charge < -0.3 is 4.74 Å². The molecule has 20 heavy (non-hydrogen) atoms. The van der Waals surface area contributed by atoms with E-state index in [2.05, 4.69) is 0 Å². The Morgan fingerprint density at radius 1 is 1.05 bits per heavy atom. The average Bonchev–Trinajstić information content (AvgIpc) is 3.26. The Morgan fingerprint density at radius 3 is 2.40 bits per heavy atom. The first-order valence-corrected chi connectivity index (χ1v) is 6.37. The zero-order valence-electron chi connectivity index (χ0n) is 10.7. The fraction of sp³-hybridized carbons (Fsp3) is 0.125. The highest BCUT2D eigenvalue weighted by molar-refractivity contribution is 5.50. The van der Waals surface area contributed by atoms with E-state index >= 15 is 0 Å². The Bertz CT molecular complexity index is 635. The second-order valence-corrected chi connectivity index (χ2v) is 4.64. The molecular formula is C16H13NO3. The van der Waals surface area contributed by atoms with Crippen molar-refractivity contribution in [2.75, 3.05) is 0 Å². The third kappa shape index (κ3) is 2.75. The molecule has 0 unspecified atom stereocenters. The van der Waals surface area contributed by atoms with Crippen molar-refractivity contribution < 1.29 is 9.66 Å². The summed E-state index contributed by atoms with van der Waals surface area (Å²) in [5.74, 6) is 0. The van der Waals surface area contributed by atoms with E-state index in [-0.39, 0.29) is 17.9 Å². The van der Waals surface area contributed by atoms with Gasteiger partial charge in [-0.3, -0.25) is 10.1 Å². The predicted molar refractivity (Wildman–Crippen MR) is 76.2 cm³/mol. The predicted octanol–water partition coefficient (Wildman–Crippen LogP) is 3.75. The molecule has 0 amide bonds. The molecule has 2 aromatic carbocycles. The maximum Gasteiger partial charge on any atom is 0.269 e. The van der Waals surface area contributed by atoms with Crippen molar-refractivity contribution in [1.29, 1.82) is 0 Å². The molecule has 1 heterocycles. The van der Waals surface area contributed by atoms with Gasteiger partial charge in [0.05, 0.1) is 4.92 Å². The van der Waals surface area contributed by atoms with E-state index < -0.39 is 4.92 Å². The van der Waals surface area contributed by atoms with Gasteiger partial charge in [-0.25, -0.2) is 0 Å². The first kappa shape index (κ1) is 12.6. The Morgan fingerprint density at radius 2 is 1.75 bits per heavy atom. The van der Waals surface area contributed by atoms with E-state index in [0.29, 0.717) is 0 Å². The number of non-ortho nitro benzene ring substituents is 1. The summed E-state index contributed by atoms with van der Waals surface area (Å²) in [6.45, 7) is 0. The summed E-state index contributed by atoms with van der Waals surface area (Å²) < 4.78 is 5.57. The molecular weight excluding hydrogens is 254 g/mol. The SMILES string of the molecule is O=[N+]([O-])c1ccc([C@@H]2O[C@H]2/C=C/c2ccccc2)cc1. The average molecular weight is 267 g/mol. The van der Waals surface area contributed by atoms with Crippen LogP contribution in [0.3, 0.4) is 0 Å². The monoisotopic (exact) mass is 267 g/mol. The van der Waals surface area contributed by atoms with E-state index in [4.69, 9.17) is 4.74 Å². The number of ether oxygens (including phenoxy) is 1. The van der Waals surface area contributed by atoms with Gasteiger partial charge in [-0.2, -0.15) is 0 Å². The fourth-order valence-corrected chi connectivity index (χ4v) is 2.09. The summed E-state index contributed by atoms with van der Waals surface area (Å²) in [6.07, 6.45) is 4.10. The minimum atomic E-state index is -0.398. The Labute approximate surface area is 116 Å². The molecule has 0 spiro atoms. The van der Waals surface area contributed by atoms with Crippen molar-refractivity contribution in [3.8, 4) is 0 Å².